The molecule has 2 aromatic carbocycles. The SMILES string of the molecule is CCC(C)[C@@H]([C@@H](CC(=O)N1CCC[C@H]1[C@H](OC)[C@@H](C)C(=O)NC(Cc1ccccc1)C(=O)OC)OC)N(C)C(=O)[C@@H](NC(=O)[C@H](C(C)C)N(C)C(=O)OCc1ccc(O[C@@H]2O[C@H](COC(C)=O)[C@H](OC(C)=O)[C@H](OC(C)=O)[C@H]2OC(C)=O)c2cc(C(=O)O)oc12)C(C)C. The lowest BCUT2D eigenvalue weighted by atomic mass is 9.89. The smallest absolute Gasteiger partial charge is 0.410 e. The Hall–Kier alpha value is -8.37. The van der Waals surface area contributed by atoms with Crippen molar-refractivity contribution in [3.63, 3.8) is 0 Å². The van der Waals surface area contributed by atoms with E-state index in [1.807, 2.05) is 44.2 Å². The second kappa shape index (κ2) is 34.5. The number of likely N-dealkylation sites (tertiary alicyclic amines) is 1. The van der Waals surface area contributed by atoms with E-state index in [1.165, 1.54) is 45.4 Å². The van der Waals surface area contributed by atoms with E-state index in [-0.39, 0.29) is 46.9 Å². The van der Waals surface area contributed by atoms with Crippen LogP contribution in [-0.2, 0) is 98.8 Å². The van der Waals surface area contributed by atoms with Gasteiger partial charge in [0.15, 0.2) is 12.2 Å². The Kier molecular flexibility index (Phi) is 28.0. The van der Waals surface area contributed by atoms with Crippen molar-refractivity contribution in [1.82, 2.24) is 25.3 Å². The van der Waals surface area contributed by atoms with Crippen LogP contribution < -0.4 is 15.4 Å². The molecule has 0 spiro atoms. The molecule has 1 aromatic heterocycles. The molecule has 0 aliphatic carbocycles. The number of rotatable bonds is 31. The Balaban J connectivity index is 1.33. The van der Waals surface area contributed by atoms with Crippen molar-refractivity contribution in [2.24, 2.45) is 23.7 Å². The molecule has 3 heterocycles. The molecule has 28 heteroatoms. The number of esters is 5. The number of hydrogen-bond donors (Lipinski definition) is 3. The molecule has 2 unspecified atom stereocenters. The Morgan fingerprint density at radius 3 is 1.94 bits per heavy atom. The summed E-state index contributed by atoms with van der Waals surface area (Å²) in [7, 11) is 7.10. The highest BCUT2D eigenvalue weighted by Gasteiger charge is 2.54. The minimum absolute atomic E-state index is 0.0215. The number of carboxylic acid groups (broad SMARTS) is 1. The number of nitrogens with one attached hydrogen (secondary N) is 2. The molecule has 0 saturated carbocycles. The number of carbonyl (C=O) groups excluding carboxylic acids is 10. The molecule has 2 saturated heterocycles. The van der Waals surface area contributed by atoms with E-state index in [9.17, 15) is 57.8 Å². The first-order valence-electron chi connectivity index (χ1n) is 30.9. The van der Waals surface area contributed by atoms with E-state index in [4.69, 9.17) is 51.8 Å². The Morgan fingerprint density at radius 1 is 0.742 bits per heavy atom. The molecule has 2 aliphatic rings. The minimum Gasteiger partial charge on any atom is -0.475 e. The maximum Gasteiger partial charge on any atom is 0.410 e. The van der Waals surface area contributed by atoms with Crippen LogP contribution in [0.15, 0.2) is 52.9 Å². The molecule has 2 aliphatic heterocycles. The normalized spacial score (nSPS) is 20.5. The maximum absolute atomic E-state index is 14.9. The van der Waals surface area contributed by atoms with Crippen LogP contribution >= 0.6 is 0 Å². The Labute approximate surface area is 541 Å². The van der Waals surface area contributed by atoms with Crippen molar-refractivity contribution in [3.05, 3.63) is 65.4 Å². The van der Waals surface area contributed by atoms with Crippen LogP contribution in [0, 0.1) is 23.7 Å². The van der Waals surface area contributed by atoms with E-state index < -0.39 is 169 Å². The molecule has 93 heavy (non-hydrogen) atoms. The van der Waals surface area contributed by atoms with Gasteiger partial charge >= 0.3 is 41.9 Å². The number of carboxylic acids is 1. The third-order valence-corrected chi connectivity index (χ3v) is 16.7. The van der Waals surface area contributed by atoms with Crippen LogP contribution in [0.5, 0.6) is 5.75 Å². The number of carbonyl (C=O) groups is 11. The fourth-order valence-electron chi connectivity index (χ4n) is 11.9. The Bertz CT molecular complexity index is 3120. The summed E-state index contributed by atoms with van der Waals surface area (Å²) in [5.74, 6) is -10.3. The van der Waals surface area contributed by atoms with Crippen molar-refractivity contribution in [2.45, 2.75) is 188 Å². The molecule has 514 valence electrons. The van der Waals surface area contributed by atoms with Gasteiger partial charge in [0.05, 0.1) is 49.1 Å². The highest BCUT2D eigenvalue weighted by molar-refractivity contribution is 5.96. The molecule has 5 amide bonds. The monoisotopic (exact) mass is 1310 g/mol. The molecule has 14 atom stereocenters. The summed E-state index contributed by atoms with van der Waals surface area (Å²) in [5.41, 5.74) is 0.776. The van der Waals surface area contributed by atoms with Gasteiger partial charge in [-0.05, 0) is 48.3 Å². The number of aromatic carboxylic acids is 1. The van der Waals surface area contributed by atoms with Crippen molar-refractivity contribution >= 4 is 76.5 Å². The molecule has 2 fully saturated rings. The minimum atomic E-state index is -1.72. The van der Waals surface area contributed by atoms with Crippen molar-refractivity contribution in [3.8, 4) is 5.75 Å². The number of furan rings is 1. The molecular formula is C65H91N5O23. The third kappa shape index (κ3) is 19.6. The van der Waals surface area contributed by atoms with Gasteiger partial charge in [-0.1, -0.05) is 85.2 Å². The molecule has 0 bridgehead atoms. The van der Waals surface area contributed by atoms with Crippen LogP contribution in [0.3, 0.4) is 0 Å². The third-order valence-electron chi connectivity index (χ3n) is 16.7. The summed E-state index contributed by atoms with van der Waals surface area (Å²) in [6.45, 7) is 15.9. The molecular weight excluding hydrogens is 1220 g/mol. The zero-order valence-electron chi connectivity index (χ0n) is 55.8. The predicted molar refractivity (Wildman–Crippen MR) is 329 cm³/mol. The molecule has 28 nitrogen and oxygen atoms in total. The van der Waals surface area contributed by atoms with E-state index >= 15 is 0 Å². The van der Waals surface area contributed by atoms with Crippen LogP contribution in [0.2, 0.25) is 0 Å². The number of nitrogens with zero attached hydrogens (tertiary/aromatic N) is 3. The van der Waals surface area contributed by atoms with Crippen LogP contribution in [0.1, 0.15) is 124 Å². The second-order valence-electron chi connectivity index (χ2n) is 24.0. The number of amides is 5. The summed E-state index contributed by atoms with van der Waals surface area (Å²) in [6, 6.07) is 8.42. The predicted octanol–water partition coefficient (Wildman–Crippen LogP) is 5.15. The van der Waals surface area contributed by atoms with Gasteiger partial charge in [-0.25, -0.2) is 14.4 Å². The largest absolute Gasteiger partial charge is 0.475 e. The van der Waals surface area contributed by atoms with E-state index in [2.05, 4.69) is 10.6 Å². The van der Waals surface area contributed by atoms with Crippen LogP contribution in [0.4, 0.5) is 4.79 Å². The summed E-state index contributed by atoms with van der Waals surface area (Å²) < 4.78 is 62.5. The maximum atomic E-state index is 14.9. The van der Waals surface area contributed by atoms with E-state index in [0.29, 0.717) is 25.8 Å². The van der Waals surface area contributed by atoms with Gasteiger partial charge in [0.2, 0.25) is 41.8 Å². The van der Waals surface area contributed by atoms with Gasteiger partial charge in [0.25, 0.3) is 0 Å². The second-order valence-corrected chi connectivity index (χ2v) is 24.0. The van der Waals surface area contributed by atoms with Gasteiger partial charge < -0.3 is 77.3 Å². The molecule has 0 radical (unpaired) electrons. The van der Waals surface area contributed by atoms with Crippen molar-refractivity contribution < 1.29 is 110 Å². The summed E-state index contributed by atoms with van der Waals surface area (Å²) >= 11 is 0. The zero-order chi connectivity index (χ0) is 69.3. The highest BCUT2D eigenvalue weighted by Crippen LogP contribution is 2.37. The Morgan fingerprint density at radius 2 is 1.38 bits per heavy atom. The molecule has 3 aromatic rings. The number of fused-ring (bicyclic) bond motifs is 1. The van der Waals surface area contributed by atoms with Gasteiger partial charge in [-0.3, -0.25) is 43.3 Å². The van der Waals surface area contributed by atoms with Gasteiger partial charge in [-0.2, -0.15) is 0 Å². The molecule has 3 N–H and O–H groups in total. The summed E-state index contributed by atoms with van der Waals surface area (Å²) in [5, 5.41) is 15.7. The van der Waals surface area contributed by atoms with E-state index in [1.54, 1.807) is 46.6 Å². The zero-order valence-corrected chi connectivity index (χ0v) is 55.8. The molecule has 5 rings (SSSR count). The fourth-order valence-corrected chi connectivity index (χ4v) is 11.9. The first-order chi connectivity index (χ1) is 43.9. The van der Waals surface area contributed by atoms with Crippen molar-refractivity contribution in [1.29, 1.82) is 0 Å². The van der Waals surface area contributed by atoms with Crippen molar-refractivity contribution in [2.75, 3.05) is 48.6 Å². The highest BCUT2D eigenvalue weighted by atomic mass is 16.7. The van der Waals surface area contributed by atoms with E-state index in [0.717, 1.165) is 44.2 Å². The number of likely N-dealkylation sites (N-methyl/N-ethyl adjacent to an activating group) is 2. The fraction of sp³-hybridized carbons (Fsp3) is 0.615. The average molecular weight is 1310 g/mol. The first-order valence-corrected chi connectivity index (χ1v) is 30.9. The summed E-state index contributed by atoms with van der Waals surface area (Å²) in [6.07, 6.45) is -8.70. The van der Waals surface area contributed by atoms with Gasteiger partial charge in [0, 0.05) is 80.6 Å². The topological polar surface area (TPSA) is 347 Å². The summed E-state index contributed by atoms with van der Waals surface area (Å²) in [4.78, 5) is 151. The van der Waals surface area contributed by atoms with Crippen LogP contribution in [-0.4, -0.2) is 207 Å². The lowest BCUT2D eigenvalue weighted by Crippen LogP contribution is -2.63. The first kappa shape index (κ1) is 75.4. The van der Waals surface area contributed by atoms with Gasteiger partial charge in [0.1, 0.15) is 48.8 Å². The number of ether oxygens (including phenoxy) is 10. The number of methoxy groups -OCH3 is 3. The lowest BCUT2D eigenvalue weighted by molar-refractivity contribution is -0.288. The van der Waals surface area contributed by atoms with Gasteiger partial charge in [-0.15, -0.1) is 0 Å². The quantitative estimate of drug-likeness (QED) is 0.0554. The lowest BCUT2D eigenvalue weighted by Gasteiger charge is -2.43. The van der Waals surface area contributed by atoms with Crippen LogP contribution in [0.25, 0.3) is 11.0 Å². The standard InChI is InChI=1S/C65H91N5O23/c1-17-35(6)53(47(83-14)30-50(75)70-27-21-24-45(70)54(84-15)36(7)59(76)66-44(63(81)85-16)28-41-22-19-18-20-23-41)68(12)61(78)51(33(2)3)67-60(77)52(34(4)5)69(13)65(82)87-31-42-25-26-46(43-29-48(62(79)80)91-55(42)43)92-64-58(90-40(11)74)57(89-39(10)73)56(88-38(9)72)49(93-64)32-86-37(8)71/h18-20,22-23,25-26,29,33-36,44-45,47,49,51-54,56-58,64H,17,21,24,27-28,30-32H2,1-16H3,(H,66,76)(H,67,77)(H,79,80)/t35?,36-,44?,45+,47-,49-,51+,52+,53+,54-,56+,57+,58-,64-/m1/s1. The average Bonchev–Trinajstić information content (AvgIpc) is 1.78. The number of benzene rings is 2. The number of hydrogen-bond acceptors (Lipinski definition) is 22.